The second kappa shape index (κ2) is 16.2. The first kappa shape index (κ1) is 39.5. The van der Waals surface area contributed by atoms with Crippen LogP contribution in [0, 0.1) is 0 Å². The highest BCUT2D eigenvalue weighted by Crippen LogP contribution is 2.58. The molecule has 0 aromatic heterocycles. The highest BCUT2D eigenvalue weighted by atomic mass is 32.2. The third kappa shape index (κ3) is 6.39. The Morgan fingerprint density at radius 2 is 1.00 bits per heavy atom. The second-order valence-electron chi connectivity index (χ2n) is 17.9. The van der Waals surface area contributed by atoms with E-state index in [1.807, 2.05) is 11.8 Å². The van der Waals surface area contributed by atoms with E-state index in [-0.39, 0.29) is 0 Å². The van der Waals surface area contributed by atoms with E-state index in [2.05, 4.69) is 266 Å². The number of thioether (sulfide) groups is 1. The average Bonchev–Trinajstić information content (AvgIpc) is 3.93. The van der Waals surface area contributed by atoms with Crippen LogP contribution >= 0.6 is 11.8 Å². The van der Waals surface area contributed by atoms with Gasteiger partial charge in [0.05, 0.1) is 5.41 Å². The van der Waals surface area contributed by atoms with E-state index in [0.29, 0.717) is 11.2 Å². The van der Waals surface area contributed by atoms with Crippen molar-refractivity contribution in [2.75, 3.05) is 4.90 Å². The summed E-state index contributed by atoms with van der Waals surface area (Å²) in [5.74, 6) is 0.418. The molecule has 2 atom stereocenters. The summed E-state index contributed by atoms with van der Waals surface area (Å²) in [7, 11) is 0. The fourth-order valence-electron chi connectivity index (χ4n) is 11.3. The lowest BCUT2D eigenvalue weighted by Crippen LogP contribution is -2.28. The molecular formula is C65H45NS. The van der Waals surface area contributed by atoms with Gasteiger partial charge in [-0.25, -0.2) is 0 Å². The van der Waals surface area contributed by atoms with Crippen LogP contribution in [0.4, 0.5) is 17.1 Å². The lowest BCUT2D eigenvalue weighted by molar-refractivity contribution is 0.768. The summed E-state index contributed by atoms with van der Waals surface area (Å²) in [6.07, 6.45) is 9.12. The molecule has 0 amide bonds. The van der Waals surface area contributed by atoms with Gasteiger partial charge in [0.2, 0.25) is 0 Å². The smallest absolute Gasteiger partial charge is 0.0714 e. The zero-order valence-corrected chi connectivity index (χ0v) is 37.7. The first-order valence-corrected chi connectivity index (χ1v) is 24.2. The number of hydrogen-bond donors (Lipinski definition) is 0. The maximum atomic E-state index is 2.48. The molecule has 67 heavy (non-hydrogen) atoms. The molecule has 3 aliphatic rings. The minimum absolute atomic E-state index is 0.418. The molecule has 316 valence electrons. The van der Waals surface area contributed by atoms with Gasteiger partial charge in [-0.2, -0.15) is 0 Å². The number of allylic oxidation sites excluding steroid dienone is 3. The number of fused-ring (bicyclic) bond motifs is 7. The summed E-state index contributed by atoms with van der Waals surface area (Å²) in [4.78, 5) is 3.86. The van der Waals surface area contributed by atoms with Crippen LogP contribution in [0.1, 0.15) is 33.7 Å². The van der Waals surface area contributed by atoms with Crippen LogP contribution in [0.25, 0.3) is 55.3 Å². The molecular weight excluding hydrogens is 827 g/mol. The number of hydrogen-bond acceptors (Lipinski definition) is 2. The number of nitrogens with zero attached hydrogens (tertiary/aromatic N) is 1. The Kier molecular flexibility index (Phi) is 9.54. The Morgan fingerprint density at radius 1 is 0.388 bits per heavy atom. The van der Waals surface area contributed by atoms with Crippen LogP contribution in [0.2, 0.25) is 0 Å². The topological polar surface area (TPSA) is 3.24 Å². The van der Waals surface area contributed by atoms with Gasteiger partial charge in [0.25, 0.3) is 0 Å². The van der Waals surface area contributed by atoms with E-state index in [4.69, 9.17) is 0 Å². The number of benzene rings is 10. The molecule has 2 aliphatic carbocycles. The van der Waals surface area contributed by atoms with Crippen LogP contribution in [0.3, 0.4) is 0 Å². The summed E-state index contributed by atoms with van der Waals surface area (Å²) in [5, 5.41) is 2.92. The molecule has 10 aromatic carbocycles. The Labute approximate surface area is 397 Å². The van der Waals surface area contributed by atoms with E-state index < -0.39 is 5.41 Å². The van der Waals surface area contributed by atoms with Crippen LogP contribution in [-0.4, -0.2) is 5.25 Å². The third-order valence-corrected chi connectivity index (χ3v) is 15.7. The van der Waals surface area contributed by atoms with Crippen molar-refractivity contribution >= 4 is 39.6 Å². The quantitative estimate of drug-likeness (QED) is 0.150. The fraction of sp³-hybridized carbons (Fsp3) is 0.0462. The molecule has 0 saturated carbocycles. The van der Waals surface area contributed by atoms with Crippen molar-refractivity contribution in [3.05, 3.63) is 289 Å². The predicted octanol–water partition coefficient (Wildman–Crippen LogP) is 17.4. The van der Waals surface area contributed by atoms with E-state index in [9.17, 15) is 0 Å². The van der Waals surface area contributed by atoms with E-state index in [1.165, 1.54) is 88.0 Å². The lowest BCUT2D eigenvalue weighted by atomic mass is 9.67. The molecule has 1 nitrogen and oxygen atoms in total. The highest BCUT2D eigenvalue weighted by molar-refractivity contribution is 8.00. The average molecular weight is 872 g/mol. The van der Waals surface area contributed by atoms with E-state index in [0.717, 1.165) is 17.1 Å². The molecule has 0 radical (unpaired) electrons. The molecule has 1 aliphatic heterocycles. The van der Waals surface area contributed by atoms with Gasteiger partial charge in [-0.15, -0.1) is 11.8 Å². The first-order chi connectivity index (χ1) is 33.2. The lowest BCUT2D eigenvalue weighted by Gasteiger charge is -2.35. The number of anilines is 3. The standard InChI is InChI=1S/C65H45NS/c1-4-19-46(20-5-1)63-53-27-11-10-18-44(53)36-40-54(63)47-21-16-26-51(42-47)66(50-37-34-45(35-38-50)55-30-17-31-59-58-29-13-15-33-62(58)67-64(55)59)52-39-41-57-56-28-12-14-32-60(56)65(61(57)43-52,48-22-6-2-7-23-48)49-24-8-3-9-25-49/h1-43,58,62H. The van der Waals surface area contributed by atoms with E-state index >= 15 is 0 Å². The maximum Gasteiger partial charge on any atom is 0.0714 e. The monoisotopic (exact) mass is 871 g/mol. The highest BCUT2D eigenvalue weighted by Gasteiger charge is 2.46. The van der Waals surface area contributed by atoms with Crippen molar-refractivity contribution in [2.24, 2.45) is 0 Å². The van der Waals surface area contributed by atoms with Crippen molar-refractivity contribution < 1.29 is 0 Å². The molecule has 2 heteroatoms. The van der Waals surface area contributed by atoms with Crippen LogP contribution in [0.5, 0.6) is 0 Å². The Morgan fingerprint density at radius 3 is 1.81 bits per heavy atom. The van der Waals surface area contributed by atoms with Gasteiger partial charge >= 0.3 is 0 Å². The Hall–Kier alpha value is -7.91. The molecule has 0 bridgehead atoms. The van der Waals surface area contributed by atoms with Crippen molar-refractivity contribution in [2.45, 2.75) is 21.5 Å². The predicted molar refractivity (Wildman–Crippen MR) is 283 cm³/mol. The zero-order valence-electron chi connectivity index (χ0n) is 36.8. The summed E-state index contributed by atoms with van der Waals surface area (Å²) in [6, 6.07) is 87.9. The molecule has 0 fully saturated rings. The van der Waals surface area contributed by atoms with Crippen molar-refractivity contribution in [1.29, 1.82) is 0 Å². The maximum absolute atomic E-state index is 2.48. The molecule has 1 heterocycles. The van der Waals surface area contributed by atoms with Gasteiger partial charge in [0.1, 0.15) is 0 Å². The largest absolute Gasteiger partial charge is 0.310 e. The fourth-order valence-corrected chi connectivity index (χ4v) is 12.8. The van der Waals surface area contributed by atoms with Gasteiger partial charge in [-0.3, -0.25) is 0 Å². The first-order valence-electron chi connectivity index (χ1n) is 23.3. The minimum atomic E-state index is -0.523. The van der Waals surface area contributed by atoms with Crippen molar-refractivity contribution in [3.63, 3.8) is 0 Å². The number of rotatable bonds is 8. The minimum Gasteiger partial charge on any atom is -0.310 e. The summed E-state index contributed by atoms with van der Waals surface area (Å²) >= 11 is 2.00. The van der Waals surface area contributed by atoms with Crippen LogP contribution < -0.4 is 4.90 Å². The Balaban J connectivity index is 1.01. The van der Waals surface area contributed by atoms with E-state index in [1.54, 1.807) is 0 Å². The van der Waals surface area contributed by atoms with Gasteiger partial charge < -0.3 is 4.90 Å². The molecule has 10 aromatic rings. The molecule has 0 saturated heterocycles. The molecule has 2 unspecified atom stereocenters. The van der Waals surface area contributed by atoms with Crippen molar-refractivity contribution in [3.8, 4) is 44.5 Å². The van der Waals surface area contributed by atoms with Gasteiger partial charge in [-0.05, 0) is 119 Å². The summed E-state index contributed by atoms with van der Waals surface area (Å²) in [6.45, 7) is 0. The third-order valence-electron chi connectivity index (χ3n) is 14.3. The van der Waals surface area contributed by atoms with Crippen molar-refractivity contribution in [1.82, 2.24) is 0 Å². The SMILES string of the molecule is C1=CC2Sc3c(-c4ccc(N(c5cccc(-c6ccc7ccccc7c6-c6ccccc6)c5)c5ccc6c(c5)C(c5ccccc5)(c5ccccc5)c5ccccc5-6)cc4)cccc3C2C=C1. The normalized spacial score (nSPS) is 16.0. The Bertz CT molecular complexity index is 3510. The molecule has 0 spiro atoms. The van der Waals surface area contributed by atoms with Gasteiger partial charge in [0.15, 0.2) is 0 Å². The van der Waals surface area contributed by atoms with Crippen LogP contribution in [-0.2, 0) is 5.41 Å². The second-order valence-corrected chi connectivity index (χ2v) is 19.1. The molecule has 0 N–H and O–H groups in total. The zero-order chi connectivity index (χ0) is 44.3. The summed E-state index contributed by atoms with van der Waals surface area (Å²) < 4.78 is 0. The molecule has 13 rings (SSSR count). The summed E-state index contributed by atoms with van der Waals surface area (Å²) in [5.41, 5.74) is 19.2. The van der Waals surface area contributed by atoms with Crippen LogP contribution in [0.15, 0.2) is 266 Å². The van der Waals surface area contributed by atoms with Gasteiger partial charge in [-0.1, -0.05) is 224 Å². The van der Waals surface area contributed by atoms with Gasteiger partial charge in [0, 0.05) is 33.1 Å².